The summed E-state index contributed by atoms with van der Waals surface area (Å²) in [5, 5.41) is 7.02. The molecule has 8 nitrogen and oxygen atoms in total. The highest BCUT2D eigenvalue weighted by Gasteiger charge is 2.16. The van der Waals surface area contributed by atoms with E-state index >= 15 is 0 Å². The van der Waals surface area contributed by atoms with Crippen LogP contribution in [0.3, 0.4) is 0 Å². The van der Waals surface area contributed by atoms with Crippen molar-refractivity contribution in [1.29, 1.82) is 0 Å². The molecule has 0 unspecified atom stereocenters. The number of aromatic amines is 1. The van der Waals surface area contributed by atoms with Crippen LogP contribution in [0.2, 0.25) is 5.02 Å². The summed E-state index contributed by atoms with van der Waals surface area (Å²) in [6.45, 7) is 0. The zero-order chi connectivity index (χ0) is 24.5. The van der Waals surface area contributed by atoms with Gasteiger partial charge in [0.25, 0.3) is 5.91 Å². The maximum absolute atomic E-state index is 14.7. The van der Waals surface area contributed by atoms with Gasteiger partial charge in [0.05, 0.1) is 16.1 Å². The number of carbonyl (C=O) groups excluding carboxylic acids is 1. The lowest BCUT2D eigenvalue weighted by Crippen LogP contribution is -2.25. The second kappa shape index (κ2) is 8.99. The Bertz CT molecular complexity index is 1650. The lowest BCUT2D eigenvalue weighted by Gasteiger charge is -2.11. The summed E-state index contributed by atoms with van der Waals surface area (Å²) in [5.41, 5.74) is -0.206. The average molecular weight is 494 g/mol. The van der Waals surface area contributed by atoms with Gasteiger partial charge in [0.2, 0.25) is 5.43 Å². The number of pyridine rings is 1. The van der Waals surface area contributed by atoms with Crippen LogP contribution in [-0.4, -0.2) is 25.7 Å². The zero-order valence-electron chi connectivity index (χ0n) is 17.6. The van der Waals surface area contributed by atoms with Crippen molar-refractivity contribution < 1.29 is 18.3 Å². The number of fused-ring (bicyclic) bond motifs is 1. The van der Waals surface area contributed by atoms with E-state index in [0.29, 0.717) is 16.8 Å². The number of ether oxygens (including phenoxy) is 1. The molecule has 5 aromatic rings. The summed E-state index contributed by atoms with van der Waals surface area (Å²) in [4.78, 5) is 32.0. The van der Waals surface area contributed by atoms with E-state index in [1.807, 2.05) is 0 Å². The number of nitrogens with zero attached hydrogens (tertiary/aromatic N) is 3. The van der Waals surface area contributed by atoms with E-state index in [9.17, 15) is 18.4 Å². The van der Waals surface area contributed by atoms with Crippen molar-refractivity contribution in [2.45, 2.75) is 0 Å². The van der Waals surface area contributed by atoms with Crippen LogP contribution < -0.4 is 15.5 Å². The fraction of sp³-hybridized carbons (Fsp3) is 0. The molecule has 5 rings (SSSR count). The molecule has 0 fully saturated rings. The first-order valence-electron chi connectivity index (χ1n) is 10.2. The molecule has 0 atom stereocenters. The van der Waals surface area contributed by atoms with Crippen LogP contribution in [0.15, 0.2) is 78.0 Å². The molecule has 2 aromatic carbocycles. The molecular weight excluding hydrogens is 480 g/mol. The van der Waals surface area contributed by atoms with E-state index in [0.717, 1.165) is 22.9 Å². The summed E-state index contributed by atoms with van der Waals surface area (Å²) in [6, 6.07) is 12.2. The predicted molar refractivity (Wildman–Crippen MR) is 125 cm³/mol. The SMILES string of the molecule is O=C(Nc1ccc(Oc2ccnc3[nH]ccc23)c(F)c1)c1nn(-c2ccc(Cl)c(F)c2)ccc1=O. The summed E-state index contributed by atoms with van der Waals surface area (Å²) in [5.74, 6) is -1.95. The standard InChI is InChI=1S/C24H14ClF2N5O3/c25-16-3-2-14(12-17(16)26)32-10-7-19(33)22(31-32)24(34)30-13-1-4-21(18(27)11-13)35-20-6-9-29-23-15(20)5-8-28-23/h1-12H,(H,28,29)(H,30,34). The number of H-pyrrole nitrogens is 1. The first-order valence-corrected chi connectivity index (χ1v) is 10.5. The van der Waals surface area contributed by atoms with Gasteiger partial charge in [-0.2, -0.15) is 5.10 Å². The van der Waals surface area contributed by atoms with Gasteiger partial charge < -0.3 is 15.0 Å². The Kier molecular flexibility index (Phi) is 5.71. The zero-order valence-corrected chi connectivity index (χ0v) is 18.4. The van der Waals surface area contributed by atoms with Gasteiger partial charge >= 0.3 is 0 Å². The number of benzene rings is 2. The molecule has 0 saturated heterocycles. The van der Waals surface area contributed by atoms with E-state index in [-0.39, 0.29) is 22.1 Å². The van der Waals surface area contributed by atoms with Gasteiger partial charge in [0.1, 0.15) is 17.2 Å². The molecule has 0 aliphatic heterocycles. The molecule has 2 N–H and O–H groups in total. The van der Waals surface area contributed by atoms with E-state index in [2.05, 4.69) is 20.4 Å². The lowest BCUT2D eigenvalue weighted by atomic mass is 10.2. The van der Waals surface area contributed by atoms with Crippen molar-refractivity contribution in [3.8, 4) is 17.2 Å². The number of hydrogen-bond donors (Lipinski definition) is 2. The molecule has 3 aromatic heterocycles. The lowest BCUT2D eigenvalue weighted by molar-refractivity contribution is 0.101. The Morgan fingerprint density at radius 2 is 1.89 bits per heavy atom. The number of halogens is 3. The number of amides is 1. The summed E-state index contributed by atoms with van der Waals surface area (Å²) >= 11 is 5.69. The van der Waals surface area contributed by atoms with Crippen molar-refractivity contribution in [2.24, 2.45) is 0 Å². The maximum Gasteiger partial charge on any atom is 0.280 e. The van der Waals surface area contributed by atoms with Crippen molar-refractivity contribution >= 4 is 34.2 Å². The third-order valence-corrected chi connectivity index (χ3v) is 5.33. The fourth-order valence-corrected chi connectivity index (χ4v) is 3.45. The maximum atomic E-state index is 14.7. The smallest absolute Gasteiger partial charge is 0.280 e. The predicted octanol–water partition coefficient (Wildman–Crippen LogP) is 5.09. The normalized spacial score (nSPS) is 10.9. The quantitative estimate of drug-likeness (QED) is 0.355. The van der Waals surface area contributed by atoms with Crippen molar-refractivity contribution in [1.82, 2.24) is 19.7 Å². The number of hydrogen-bond acceptors (Lipinski definition) is 5. The van der Waals surface area contributed by atoms with Crippen LogP contribution in [0.5, 0.6) is 11.5 Å². The topological polar surface area (TPSA) is 102 Å². The Morgan fingerprint density at radius 3 is 2.69 bits per heavy atom. The van der Waals surface area contributed by atoms with E-state index in [1.54, 1.807) is 18.3 Å². The first-order chi connectivity index (χ1) is 16.9. The van der Waals surface area contributed by atoms with Gasteiger partial charge in [-0.3, -0.25) is 9.59 Å². The minimum Gasteiger partial charge on any atom is -0.453 e. The number of rotatable bonds is 5. The number of nitrogens with one attached hydrogen (secondary N) is 2. The molecule has 0 bridgehead atoms. The minimum absolute atomic E-state index is 0.0679. The Morgan fingerprint density at radius 1 is 1.03 bits per heavy atom. The minimum atomic E-state index is -0.866. The van der Waals surface area contributed by atoms with Gasteiger partial charge in [0, 0.05) is 42.5 Å². The molecule has 11 heteroatoms. The Labute approximate surface area is 200 Å². The number of aromatic nitrogens is 4. The highest BCUT2D eigenvalue weighted by molar-refractivity contribution is 6.30. The van der Waals surface area contributed by atoms with Gasteiger partial charge in [-0.1, -0.05) is 11.6 Å². The highest BCUT2D eigenvalue weighted by Crippen LogP contribution is 2.31. The summed E-state index contributed by atoms with van der Waals surface area (Å²) < 4.78 is 35.3. The molecule has 0 spiro atoms. The van der Waals surface area contributed by atoms with Gasteiger partial charge in [-0.05, 0) is 36.4 Å². The van der Waals surface area contributed by atoms with Crippen molar-refractivity contribution in [3.05, 3.63) is 106 Å². The molecule has 0 aliphatic rings. The Hall–Kier alpha value is -4.57. The van der Waals surface area contributed by atoms with Crippen molar-refractivity contribution in [2.75, 3.05) is 5.32 Å². The Balaban J connectivity index is 1.37. The van der Waals surface area contributed by atoms with Crippen LogP contribution in [0, 0.1) is 11.6 Å². The molecule has 1 amide bonds. The molecule has 174 valence electrons. The van der Waals surface area contributed by atoms with Crippen LogP contribution in [0.25, 0.3) is 16.7 Å². The molecule has 0 radical (unpaired) electrons. The number of carbonyl (C=O) groups is 1. The molecule has 3 heterocycles. The highest BCUT2D eigenvalue weighted by atomic mass is 35.5. The molecular formula is C24H14ClF2N5O3. The average Bonchev–Trinajstić information content (AvgIpc) is 3.33. The van der Waals surface area contributed by atoms with E-state index in [4.69, 9.17) is 16.3 Å². The van der Waals surface area contributed by atoms with Gasteiger partial charge in [-0.15, -0.1) is 0 Å². The third kappa shape index (κ3) is 4.46. The molecule has 35 heavy (non-hydrogen) atoms. The fourth-order valence-electron chi connectivity index (χ4n) is 3.33. The monoisotopic (exact) mass is 493 g/mol. The second-order valence-electron chi connectivity index (χ2n) is 7.32. The molecule has 0 aliphatic carbocycles. The van der Waals surface area contributed by atoms with Crippen molar-refractivity contribution in [3.63, 3.8) is 0 Å². The van der Waals surface area contributed by atoms with Gasteiger partial charge in [-0.25, -0.2) is 18.4 Å². The largest absolute Gasteiger partial charge is 0.453 e. The summed E-state index contributed by atoms with van der Waals surface area (Å²) in [7, 11) is 0. The van der Waals surface area contributed by atoms with Crippen LogP contribution in [-0.2, 0) is 0 Å². The second-order valence-corrected chi connectivity index (χ2v) is 7.73. The first kappa shape index (κ1) is 22.2. The van der Waals surface area contributed by atoms with Gasteiger partial charge in [0.15, 0.2) is 17.3 Å². The van der Waals surface area contributed by atoms with E-state index < -0.39 is 28.7 Å². The van der Waals surface area contributed by atoms with Crippen LogP contribution in [0.4, 0.5) is 14.5 Å². The number of anilines is 1. The third-order valence-electron chi connectivity index (χ3n) is 5.02. The molecule has 0 saturated carbocycles. The van der Waals surface area contributed by atoms with E-state index in [1.165, 1.54) is 36.7 Å². The van der Waals surface area contributed by atoms with Crippen LogP contribution >= 0.6 is 11.6 Å². The van der Waals surface area contributed by atoms with Crippen LogP contribution in [0.1, 0.15) is 10.5 Å². The summed E-state index contributed by atoms with van der Waals surface area (Å²) in [6.07, 6.45) is 4.50.